The molecule has 1 fully saturated rings. The summed E-state index contributed by atoms with van der Waals surface area (Å²) >= 11 is 1.54. The fraction of sp³-hybridized carbons (Fsp3) is 0.682. The SMILES string of the molecule is CCn1c(C2CCN(C(=O)CC3CSc4nc(C)c(C)c(=O)n43)CC2)nn(CCOC)c1=O. The second-order valence-electron chi connectivity index (χ2n) is 8.70. The maximum atomic E-state index is 13.1. The first kappa shape index (κ1) is 23.7. The van der Waals surface area contributed by atoms with Crippen LogP contribution < -0.4 is 11.2 Å². The van der Waals surface area contributed by atoms with E-state index in [1.807, 2.05) is 18.7 Å². The number of aromatic nitrogens is 5. The van der Waals surface area contributed by atoms with Crippen LogP contribution in [0, 0.1) is 13.8 Å². The van der Waals surface area contributed by atoms with Gasteiger partial charge in [-0.1, -0.05) is 11.8 Å². The van der Waals surface area contributed by atoms with Gasteiger partial charge in [0, 0.05) is 56.1 Å². The molecule has 2 aliphatic rings. The number of rotatable bonds is 7. The molecule has 0 bridgehead atoms. The zero-order chi connectivity index (χ0) is 23.7. The molecule has 11 heteroatoms. The van der Waals surface area contributed by atoms with Crippen molar-refractivity contribution in [1.82, 2.24) is 28.8 Å². The molecule has 1 unspecified atom stereocenters. The second kappa shape index (κ2) is 9.84. The van der Waals surface area contributed by atoms with E-state index in [1.165, 1.54) is 4.68 Å². The number of nitrogens with zero attached hydrogens (tertiary/aromatic N) is 6. The summed E-state index contributed by atoms with van der Waals surface area (Å²) in [6, 6.07) is -0.156. The normalized spacial score (nSPS) is 18.7. The van der Waals surface area contributed by atoms with Crippen LogP contribution in [0.2, 0.25) is 0 Å². The molecule has 0 saturated carbocycles. The summed E-state index contributed by atoms with van der Waals surface area (Å²) < 4.78 is 9.99. The highest BCUT2D eigenvalue weighted by Crippen LogP contribution is 2.34. The van der Waals surface area contributed by atoms with Crippen molar-refractivity contribution in [3.8, 4) is 0 Å². The van der Waals surface area contributed by atoms with Crippen LogP contribution in [0.4, 0.5) is 0 Å². The molecule has 0 aliphatic carbocycles. The molecule has 1 saturated heterocycles. The van der Waals surface area contributed by atoms with Crippen LogP contribution in [0.15, 0.2) is 14.7 Å². The van der Waals surface area contributed by atoms with Gasteiger partial charge in [-0.25, -0.2) is 14.5 Å². The van der Waals surface area contributed by atoms with Crippen molar-refractivity contribution in [2.24, 2.45) is 0 Å². The number of hydrogen-bond acceptors (Lipinski definition) is 7. The molecule has 0 N–H and O–H groups in total. The molecular formula is C22H32N6O4S. The molecule has 2 aliphatic heterocycles. The predicted octanol–water partition coefficient (Wildman–Crippen LogP) is 1.33. The van der Waals surface area contributed by atoms with Crippen LogP contribution in [-0.4, -0.2) is 67.3 Å². The van der Waals surface area contributed by atoms with E-state index in [9.17, 15) is 14.4 Å². The Bertz CT molecular complexity index is 1140. The number of amides is 1. The number of ether oxygens (including phenoxy) is 1. The highest BCUT2D eigenvalue weighted by molar-refractivity contribution is 7.99. The van der Waals surface area contributed by atoms with Gasteiger partial charge in [-0.05, 0) is 33.6 Å². The van der Waals surface area contributed by atoms with Gasteiger partial charge < -0.3 is 9.64 Å². The number of aryl methyl sites for hydroxylation is 1. The van der Waals surface area contributed by atoms with Crippen LogP contribution >= 0.6 is 11.8 Å². The number of carbonyl (C=O) groups excluding carboxylic acids is 1. The minimum atomic E-state index is -0.156. The average molecular weight is 477 g/mol. The number of fused-ring (bicyclic) bond motifs is 1. The monoisotopic (exact) mass is 476 g/mol. The molecule has 2 aromatic heterocycles. The minimum Gasteiger partial charge on any atom is -0.383 e. The maximum absolute atomic E-state index is 13.1. The van der Waals surface area contributed by atoms with E-state index in [-0.39, 0.29) is 29.1 Å². The van der Waals surface area contributed by atoms with Crippen LogP contribution in [-0.2, 0) is 22.6 Å². The molecule has 4 heterocycles. The van der Waals surface area contributed by atoms with Crippen molar-refractivity contribution < 1.29 is 9.53 Å². The average Bonchev–Trinajstić information content (AvgIpc) is 3.36. The van der Waals surface area contributed by atoms with Crippen LogP contribution in [0.5, 0.6) is 0 Å². The van der Waals surface area contributed by atoms with Gasteiger partial charge in [0.2, 0.25) is 5.91 Å². The van der Waals surface area contributed by atoms with Gasteiger partial charge in [-0.3, -0.25) is 18.7 Å². The van der Waals surface area contributed by atoms with Gasteiger partial charge in [0.05, 0.1) is 19.2 Å². The van der Waals surface area contributed by atoms with Crippen molar-refractivity contribution in [1.29, 1.82) is 0 Å². The summed E-state index contributed by atoms with van der Waals surface area (Å²) in [7, 11) is 1.60. The molecule has 0 radical (unpaired) electrons. The molecule has 0 spiro atoms. The third-order valence-electron chi connectivity index (χ3n) is 6.72. The molecular weight excluding hydrogens is 444 g/mol. The van der Waals surface area contributed by atoms with E-state index in [2.05, 4.69) is 10.1 Å². The van der Waals surface area contributed by atoms with Gasteiger partial charge in [-0.2, -0.15) is 5.10 Å². The van der Waals surface area contributed by atoms with E-state index < -0.39 is 0 Å². The van der Waals surface area contributed by atoms with Gasteiger partial charge in [0.25, 0.3) is 5.56 Å². The molecule has 4 rings (SSSR count). The Morgan fingerprint density at radius 3 is 2.61 bits per heavy atom. The number of likely N-dealkylation sites (tertiary alicyclic amines) is 1. The van der Waals surface area contributed by atoms with E-state index in [4.69, 9.17) is 4.74 Å². The first-order chi connectivity index (χ1) is 15.8. The Morgan fingerprint density at radius 1 is 1.21 bits per heavy atom. The molecule has 2 aromatic rings. The molecule has 180 valence electrons. The Labute approximate surface area is 196 Å². The van der Waals surface area contributed by atoms with Crippen molar-refractivity contribution in [2.75, 3.05) is 32.6 Å². The maximum Gasteiger partial charge on any atom is 0.345 e. The number of carbonyl (C=O) groups is 1. The lowest BCUT2D eigenvalue weighted by atomic mass is 9.95. The zero-order valence-electron chi connectivity index (χ0n) is 19.7. The van der Waals surface area contributed by atoms with E-state index >= 15 is 0 Å². The lowest BCUT2D eigenvalue weighted by Gasteiger charge is -2.32. The largest absolute Gasteiger partial charge is 0.383 e. The van der Waals surface area contributed by atoms with Gasteiger partial charge >= 0.3 is 5.69 Å². The number of piperidine rings is 1. The first-order valence-corrected chi connectivity index (χ1v) is 12.5. The Balaban J connectivity index is 1.41. The lowest BCUT2D eigenvalue weighted by Crippen LogP contribution is -2.40. The zero-order valence-corrected chi connectivity index (χ0v) is 20.6. The quantitative estimate of drug-likeness (QED) is 0.555. The lowest BCUT2D eigenvalue weighted by molar-refractivity contribution is -0.133. The highest BCUT2D eigenvalue weighted by Gasteiger charge is 2.32. The minimum absolute atomic E-state index is 0.0411. The summed E-state index contributed by atoms with van der Waals surface area (Å²) in [5, 5.41) is 5.29. The van der Waals surface area contributed by atoms with Crippen molar-refractivity contribution in [3.63, 3.8) is 0 Å². The fourth-order valence-corrected chi connectivity index (χ4v) is 5.80. The number of hydrogen-bond donors (Lipinski definition) is 0. The van der Waals surface area contributed by atoms with Crippen molar-refractivity contribution in [2.45, 2.75) is 70.2 Å². The van der Waals surface area contributed by atoms with Gasteiger partial charge in [0.15, 0.2) is 5.16 Å². The van der Waals surface area contributed by atoms with Gasteiger partial charge in [0.1, 0.15) is 5.82 Å². The summed E-state index contributed by atoms with van der Waals surface area (Å²) in [4.78, 5) is 44.8. The van der Waals surface area contributed by atoms with Crippen molar-refractivity contribution >= 4 is 17.7 Å². The Morgan fingerprint density at radius 2 is 1.94 bits per heavy atom. The molecule has 10 nitrogen and oxygen atoms in total. The number of methoxy groups -OCH3 is 1. The summed E-state index contributed by atoms with van der Waals surface area (Å²) in [5.74, 6) is 1.70. The van der Waals surface area contributed by atoms with Crippen molar-refractivity contribution in [3.05, 3.63) is 37.9 Å². The molecule has 33 heavy (non-hydrogen) atoms. The summed E-state index contributed by atoms with van der Waals surface area (Å²) in [6.07, 6.45) is 1.84. The standard InChI is InChI=1S/C22H32N6O4S/c1-5-26-19(24-27(22(26)31)10-11-32-4)16-6-8-25(9-7-16)18(29)12-17-13-33-21-23-15(3)14(2)20(30)28(17)21/h16-17H,5-13H2,1-4H3. The third kappa shape index (κ3) is 4.52. The van der Waals surface area contributed by atoms with Crippen LogP contribution in [0.1, 0.15) is 55.2 Å². The van der Waals surface area contributed by atoms with Crippen LogP contribution in [0.25, 0.3) is 0 Å². The first-order valence-electron chi connectivity index (χ1n) is 11.5. The second-order valence-corrected chi connectivity index (χ2v) is 9.69. The third-order valence-corrected chi connectivity index (χ3v) is 7.82. The Hall–Kier alpha value is -2.40. The Kier molecular flexibility index (Phi) is 7.08. The number of thioether (sulfide) groups is 1. The smallest absolute Gasteiger partial charge is 0.345 e. The highest BCUT2D eigenvalue weighted by atomic mass is 32.2. The van der Waals surface area contributed by atoms with E-state index in [1.54, 1.807) is 34.9 Å². The topological polar surface area (TPSA) is 104 Å². The van der Waals surface area contributed by atoms with E-state index in [0.29, 0.717) is 55.7 Å². The summed E-state index contributed by atoms with van der Waals surface area (Å²) in [6.45, 7) is 8.27. The fourth-order valence-electron chi connectivity index (χ4n) is 4.62. The van der Waals surface area contributed by atoms with E-state index in [0.717, 1.165) is 24.4 Å². The summed E-state index contributed by atoms with van der Waals surface area (Å²) in [5.41, 5.74) is 1.25. The molecule has 1 atom stereocenters. The predicted molar refractivity (Wildman–Crippen MR) is 125 cm³/mol. The molecule has 0 aromatic carbocycles. The van der Waals surface area contributed by atoms with Gasteiger partial charge in [-0.15, -0.1) is 0 Å². The molecule has 1 amide bonds. The van der Waals surface area contributed by atoms with Crippen LogP contribution in [0.3, 0.4) is 0 Å².